The highest BCUT2D eigenvalue weighted by atomic mass is 79.9. The van der Waals surface area contributed by atoms with E-state index in [2.05, 4.69) is 43.8 Å². The first-order chi connectivity index (χ1) is 7.54. The maximum Gasteiger partial charge on any atom is 0.0868 e. The highest BCUT2D eigenvalue weighted by Gasteiger charge is 2.11. The topological polar surface area (TPSA) is 38.9 Å². The molecule has 0 saturated heterocycles. The van der Waals surface area contributed by atoms with Gasteiger partial charge in [0, 0.05) is 25.7 Å². The van der Waals surface area contributed by atoms with Gasteiger partial charge < -0.3 is 5.73 Å². The van der Waals surface area contributed by atoms with E-state index in [4.69, 9.17) is 5.73 Å². The molecular formula is C12H12Br2N2. The molecule has 0 atom stereocenters. The number of aromatic nitrogens is 1. The fraction of sp³-hybridized carbons (Fsp3) is 0.250. The second-order valence-electron chi connectivity index (χ2n) is 3.73. The number of anilines is 1. The molecule has 0 bridgehead atoms. The third-order valence-corrected chi connectivity index (χ3v) is 3.78. The molecule has 0 radical (unpaired) electrons. The van der Waals surface area contributed by atoms with Crippen LogP contribution in [-0.4, -0.2) is 4.98 Å². The van der Waals surface area contributed by atoms with Gasteiger partial charge in [-0.3, -0.25) is 4.98 Å². The van der Waals surface area contributed by atoms with Crippen LogP contribution < -0.4 is 5.73 Å². The molecule has 0 spiro atoms. The van der Waals surface area contributed by atoms with Crippen molar-refractivity contribution in [3.63, 3.8) is 0 Å². The molecule has 1 aromatic heterocycles. The molecule has 0 aliphatic carbocycles. The zero-order valence-electron chi connectivity index (χ0n) is 9.14. The predicted molar refractivity (Wildman–Crippen MR) is 75.7 cm³/mol. The van der Waals surface area contributed by atoms with Crippen molar-refractivity contribution >= 4 is 48.5 Å². The van der Waals surface area contributed by atoms with Crippen LogP contribution in [0.3, 0.4) is 0 Å². The van der Waals surface area contributed by atoms with Crippen LogP contribution in [0.15, 0.2) is 21.1 Å². The van der Waals surface area contributed by atoms with E-state index in [0.29, 0.717) is 0 Å². The molecule has 2 nitrogen and oxygen atoms in total. The molecule has 4 heteroatoms. The number of halogens is 2. The Kier molecular flexibility index (Phi) is 3.22. The summed E-state index contributed by atoms with van der Waals surface area (Å²) in [5.74, 6) is 0. The second-order valence-corrected chi connectivity index (χ2v) is 5.50. The summed E-state index contributed by atoms with van der Waals surface area (Å²) in [6, 6.07) is 4.00. The number of rotatable bonds is 1. The Labute approximate surface area is 112 Å². The molecule has 16 heavy (non-hydrogen) atoms. The lowest BCUT2D eigenvalue weighted by atomic mass is 10.0. The standard InChI is InChI=1S/C12H12Br2N2/c1-3-8-6(2)16-12-9(11(8)15)4-7(13)5-10(12)14/h4-5H,3H2,1-2H3,(H2,15,16). The average molecular weight is 344 g/mol. The van der Waals surface area contributed by atoms with Crippen LogP contribution in [0, 0.1) is 6.92 Å². The van der Waals surface area contributed by atoms with Gasteiger partial charge in [-0.2, -0.15) is 0 Å². The Morgan fingerprint density at radius 1 is 1.31 bits per heavy atom. The van der Waals surface area contributed by atoms with Crippen molar-refractivity contribution in [2.75, 3.05) is 5.73 Å². The second kappa shape index (κ2) is 4.34. The van der Waals surface area contributed by atoms with Crippen LogP contribution >= 0.6 is 31.9 Å². The number of pyridine rings is 1. The number of hydrogen-bond acceptors (Lipinski definition) is 2. The van der Waals surface area contributed by atoms with Crippen LogP contribution in [0.25, 0.3) is 10.9 Å². The molecule has 1 heterocycles. The van der Waals surface area contributed by atoms with E-state index in [9.17, 15) is 0 Å². The van der Waals surface area contributed by atoms with Gasteiger partial charge >= 0.3 is 0 Å². The van der Waals surface area contributed by atoms with E-state index >= 15 is 0 Å². The first-order valence-electron chi connectivity index (χ1n) is 5.08. The van der Waals surface area contributed by atoms with Crippen molar-refractivity contribution in [3.05, 3.63) is 32.3 Å². The third-order valence-electron chi connectivity index (χ3n) is 2.71. The smallest absolute Gasteiger partial charge is 0.0868 e. The Balaban J connectivity index is 2.93. The van der Waals surface area contributed by atoms with Gasteiger partial charge in [0.2, 0.25) is 0 Å². The number of hydrogen-bond donors (Lipinski definition) is 1. The van der Waals surface area contributed by atoms with Gasteiger partial charge in [-0.15, -0.1) is 0 Å². The summed E-state index contributed by atoms with van der Waals surface area (Å²) in [6.07, 6.45) is 0.907. The van der Waals surface area contributed by atoms with Crippen LogP contribution in [0.2, 0.25) is 0 Å². The lowest BCUT2D eigenvalue weighted by Crippen LogP contribution is -2.01. The normalized spacial score (nSPS) is 11.0. The van der Waals surface area contributed by atoms with Crippen molar-refractivity contribution in [2.24, 2.45) is 0 Å². The van der Waals surface area contributed by atoms with Gasteiger partial charge in [-0.05, 0) is 47.0 Å². The molecule has 2 aromatic rings. The summed E-state index contributed by atoms with van der Waals surface area (Å²) in [6.45, 7) is 4.10. The SMILES string of the molecule is CCc1c(C)nc2c(Br)cc(Br)cc2c1N. The summed E-state index contributed by atoms with van der Waals surface area (Å²) in [7, 11) is 0. The van der Waals surface area contributed by atoms with E-state index < -0.39 is 0 Å². The molecule has 0 aliphatic heterocycles. The zero-order valence-corrected chi connectivity index (χ0v) is 12.3. The van der Waals surface area contributed by atoms with Crippen LogP contribution in [0.5, 0.6) is 0 Å². The van der Waals surface area contributed by atoms with E-state index in [1.165, 1.54) is 0 Å². The average Bonchev–Trinajstić information content (AvgIpc) is 2.21. The minimum absolute atomic E-state index is 0.840. The van der Waals surface area contributed by atoms with Crippen LogP contribution in [0.1, 0.15) is 18.2 Å². The molecule has 1 aromatic carbocycles. The first kappa shape index (κ1) is 11.9. The summed E-state index contributed by atoms with van der Waals surface area (Å²) >= 11 is 6.98. The number of nitrogen functional groups attached to an aromatic ring is 1. The zero-order chi connectivity index (χ0) is 11.9. The van der Waals surface area contributed by atoms with E-state index in [1.807, 2.05) is 19.1 Å². The quantitative estimate of drug-likeness (QED) is 0.842. The van der Waals surface area contributed by atoms with Crippen LogP contribution in [0.4, 0.5) is 5.69 Å². The molecule has 84 valence electrons. The molecule has 0 aliphatic rings. The maximum absolute atomic E-state index is 6.19. The van der Waals surface area contributed by atoms with Gasteiger partial charge in [-0.1, -0.05) is 22.9 Å². The van der Waals surface area contributed by atoms with Gasteiger partial charge in [-0.25, -0.2) is 0 Å². The lowest BCUT2D eigenvalue weighted by molar-refractivity contribution is 1.07. The van der Waals surface area contributed by atoms with Gasteiger partial charge in [0.1, 0.15) is 0 Å². The first-order valence-corrected chi connectivity index (χ1v) is 6.67. The Morgan fingerprint density at radius 2 is 2.00 bits per heavy atom. The number of benzene rings is 1. The van der Waals surface area contributed by atoms with Crippen molar-refractivity contribution < 1.29 is 0 Å². The maximum atomic E-state index is 6.19. The molecular weight excluding hydrogens is 332 g/mol. The lowest BCUT2D eigenvalue weighted by Gasteiger charge is -2.11. The third kappa shape index (κ3) is 1.84. The molecule has 0 fully saturated rings. The van der Waals surface area contributed by atoms with E-state index in [-0.39, 0.29) is 0 Å². The Hall–Kier alpha value is -0.610. The monoisotopic (exact) mass is 342 g/mol. The summed E-state index contributed by atoms with van der Waals surface area (Å²) in [5.41, 5.74) is 10.1. The summed E-state index contributed by atoms with van der Waals surface area (Å²) in [4.78, 5) is 4.60. The van der Waals surface area contributed by atoms with Gasteiger partial charge in [0.15, 0.2) is 0 Å². The molecule has 0 unspecified atom stereocenters. The minimum atomic E-state index is 0.840. The molecule has 2 N–H and O–H groups in total. The Morgan fingerprint density at radius 3 is 2.62 bits per heavy atom. The fourth-order valence-electron chi connectivity index (χ4n) is 1.92. The van der Waals surface area contributed by atoms with Crippen molar-refractivity contribution in [2.45, 2.75) is 20.3 Å². The fourth-order valence-corrected chi connectivity index (χ4v) is 3.24. The number of fused-ring (bicyclic) bond motifs is 1. The highest BCUT2D eigenvalue weighted by Crippen LogP contribution is 2.33. The largest absolute Gasteiger partial charge is 0.398 e. The van der Waals surface area contributed by atoms with Crippen molar-refractivity contribution in [1.82, 2.24) is 4.98 Å². The number of nitrogens with two attached hydrogens (primary N) is 1. The highest BCUT2D eigenvalue weighted by molar-refractivity contribution is 9.11. The number of aryl methyl sites for hydroxylation is 1. The van der Waals surface area contributed by atoms with Crippen molar-refractivity contribution in [3.8, 4) is 0 Å². The Bertz CT molecular complexity index is 565. The molecule has 0 saturated carbocycles. The summed E-state index contributed by atoms with van der Waals surface area (Å²) in [5, 5.41) is 1.00. The molecule has 2 rings (SSSR count). The van der Waals surface area contributed by atoms with Crippen LogP contribution in [-0.2, 0) is 6.42 Å². The minimum Gasteiger partial charge on any atom is -0.398 e. The van der Waals surface area contributed by atoms with Gasteiger partial charge in [0.05, 0.1) is 5.52 Å². The van der Waals surface area contributed by atoms with Gasteiger partial charge in [0.25, 0.3) is 0 Å². The van der Waals surface area contributed by atoms with Crippen molar-refractivity contribution in [1.29, 1.82) is 0 Å². The molecule has 0 amide bonds. The van der Waals surface area contributed by atoms with E-state index in [1.54, 1.807) is 0 Å². The summed E-state index contributed by atoms with van der Waals surface area (Å²) < 4.78 is 1.97. The predicted octanol–water partition coefficient (Wildman–Crippen LogP) is 4.21. The number of nitrogens with zero attached hydrogens (tertiary/aromatic N) is 1. The van der Waals surface area contributed by atoms with E-state index in [0.717, 1.165) is 43.2 Å².